The highest BCUT2D eigenvalue weighted by Gasteiger charge is 2.49. The Hall–Kier alpha value is -0.143. The highest BCUT2D eigenvalue weighted by molar-refractivity contribution is 6.62. The van der Waals surface area contributed by atoms with Crippen LogP contribution in [0.1, 0.15) is 34.1 Å². The van der Waals surface area contributed by atoms with Crippen LogP contribution in [0.2, 0.25) is 0 Å². The van der Waals surface area contributed by atoms with Crippen LogP contribution in [-0.2, 0) is 18.1 Å². The number of hydrogen-bond acceptors (Lipinski definition) is 4. The van der Waals surface area contributed by atoms with E-state index in [9.17, 15) is 4.79 Å². The van der Waals surface area contributed by atoms with E-state index < -0.39 is 8.80 Å². The van der Waals surface area contributed by atoms with Gasteiger partial charge in [-0.1, -0.05) is 6.92 Å². The van der Waals surface area contributed by atoms with E-state index in [1.807, 2.05) is 27.7 Å². The molecule has 1 amide bonds. The summed E-state index contributed by atoms with van der Waals surface area (Å²) in [4.78, 5) is 11.5. The number of carbonyl (C=O) groups is 1. The molecule has 0 aromatic heterocycles. The molecule has 108 valence electrons. The summed E-state index contributed by atoms with van der Waals surface area (Å²) < 4.78 is 17.2. The smallest absolute Gasteiger partial charge is 0.373 e. The zero-order valence-corrected chi connectivity index (χ0v) is 13.4. The Labute approximate surface area is 115 Å². The summed E-state index contributed by atoms with van der Waals surface area (Å²) >= 11 is 5.52. The first-order valence-electron chi connectivity index (χ1n) is 6.37. The molecule has 0 radical (unpaired) electrons. The fourth-order valence-electron chi connectivity index (χ4n) is 1.70. The molecule has 0 spiro atoms. The zero-order chi connectivity index (χ0) is 14.0. The van der Waals surface area contributed by atoms with Crippen molar-refractivity contribution < 1.29 is 18.1 Å². The van der Waals surface area contributed by atoms with Crippen LogP contribution >= 0.6 is 11.6 Å². The monoisotopic (exact) mass is 297 g/mol. The van der Waals surface area contributed by atoms with Gasteiger partial charge in [0.15, 0.2) is 0 Å². The molecule has 0 aliphatic rings. The molecule has 0 aromatic rings. The number of alkyl halides is 1. The summed E-state index contributed by atoms with van der Waals surface area (Å²) in [6.07, 6.45) is 0.675. The van der Waals surface area contributed by atoms with E-state index in [1.165, 1.54) is 0 Å². The van der Waals surface area contributed by atoms with Crippen molar-refractivity contribution in [3.8, 4) is 0 Å². The fraction of sp³-hybridized carbons (Fsp3) is 0.909. The summed E-state index contributed by atoms with van der Waals surface area (Å²) in [6, 6.07) is 0. The van der Waals surface area contributed by atoms with Gasteiger partial charge in [-0.15, -0.1) is 11.6 Å². The third-order valence-electron chi connectivity index (χ3n) is 2.33. The van der Waals surface area contributed by atoms with Gasteiger partial charge in [0.1, 0.15) is 5.88 Å². The van der Waals surface area contributed by atoms with E-state index in [0.29, 0.717) is 26.2 Å². The molecular weight excluding hydrogens is 274 g/mol. The normalized spacial score (nSPS) is 13.4. The van der Waals surface area contributed by atoms with Gasteiger partial charge in [0.05, 0.1) is 5.67 Å². The molecule has 0 heterocycles. The molecule has 7 heteroatoms. The van der Waals surface area contributed by atoms with Crippen molar-refractivity contribution >= 4 is 26.3 Å². The molecule has 1 unspecified atom stereocenters. The largest absolute Gasteiger partial charge is 0.524 e. The van der Waals surface area contributed by atoms with Crippen LogP contribution in [-0.4, -0.2) is 46.1 Å². The highest BCUT2D eigenvalue weighted by Crippen LogP contribution is 2.18. The predicted octanol–water partition coefficient (Wildman–Crippen LogP) is 1.71. The van der Waals surface area contributed by atoms with Crippen molar-refractivity contribution in [1.82, 2.24) is 5.32 Å². The van der Waals surface area contributed by atoms with Crippen molar-refractivity contribution in [3.63, 3.8) is 0 Å². The third-order valence-corrected chi connectivity index (χ3v) is 6.05. The number of nitrogens with one attached hydrogen (secondary N) is 1. The Morgan fingerprint density at radius 2 is 1.56 bits per heavy atom. The van der Waals surface area contributed by atoms with E-state index in [-0.39, 0.29) is 17.5 Å². The van der Waals surface area contributed by atoms with Gasteiger partial charge < -0.3 is 18.6 Å². The number of halogens is 1. The lowest BCUT2D eigenvalue weighted by atomic mass is 10.4. The molecule has 5 nitrogen and oxygen atoms in total. The SMILES string of the molecule is CCO[Si](OCC)(OCC)C(CC)NC(=O)CCl. The molecule has 1 N–H and O–H groups in total. The predicted molar refractivity (Wildman–Crippen MR) is 73.6 cm³/mol. The Morgan fingerprint density at radius 3 is 1.83 bits per heavy atom. The minimum atomic E-state index is -2.89. The van der Waals surface area contributed by atoms with Crippen LogP contribution in [0.15, 0.2) is 0 Å². The quantitative estimate of drug-likeness (QED) is 0.493. The Kier molecular flexibility index (Phi) is 9.67. The number of amides is 1. The van der Waals surface area contributed by atoms with E-state index in [4.69, 9.17) is 24.9 Å². The van der Waals surface area contributed by atoms with Gasteiger partial charge in [0, 0.05) is 19.8 Å². The number of hydrogen-bond donors (Lipinski definition) is 1. The van der Waals surface area contributed by atoms with Crippen LogP contribution in [0.4, 0.5) is 0 Å². The summed E-state index contributed by atoms with van der Waals surface area (Å²) in [5, 5.41) is 2.83. The Morgan fingerprint density at radius 1 is 1.11 bits per heavy atom. The van der Waals surface area contributed by atoms with Crippen molar-refractivity contribution in [2.45, 2.75) is 39.8 Å². The summed E-state index contributed by atoms with van der Waals surface area (Å²) in [6.45, 7) is 9.07. The van der Waals surface area contributed by atoms with Crippen molar-refractivity contribution in [2.24, 2.45) is 0 Å². The maximum atomic E-state index is 11.5. The van der Waals surface area contributed by atoms with Gasteiger partial charge in [-0.3, -0.25) is 4.79 Å². The van der Waals surface area contributed by atoms with Crippen LogP contribution in [0.25, 0.3) is 0 Å². The number of rotatable bonds is 10. The first-order chi connectivity index (χ1) is 8.60. The van der Waals surface area contributed by atoms with E-state index in [1.54, 1.807) is 0 Å². The molecule has 0 aliphatic carbocycles. The topological polar surface area (TPSA) is 56.8 Å². The molecule has 0 bridgehead atoms. The molecule has 0 saturated carbocycles. The molecule has 0 rings (SSSR count). The lowest BCUT2D eigenvalue weighted by molar-refractivity contribution is -0.119. The van der Waals surface area contributed by atoms with Gasteiger partial charge in [-0.05, 0) is 27.2 Å². The van der Waals surface area contributed by atoms with E-state index in [0.717, 1.165) is 0 Å². The van der Waals surface area contributed by atoms with Crippen LogP contribution < -0.4 is 5.32 Å². The van der Waals surface area contributed by atoms with Gasteiger partial charge in [-0.25, -0.2) is 0 Å². The van der Waals surface area contributed by atoms with Gasteiger partial charge in [0.25, 0.3) is 0 Å². The summed E-state index contributed by atoms with van der Waals surface area (Å²) in [7, 11) is -2.89. The molecule has 0 aliphatic heterocycles. The lowest BCUT2D eigenvalue weighted by Gasteiger charge is -2.35. The molecule has 1 atom stereocenters. The minimum Gasteiger partial charge on any atom is -0.373 e. The van der Waals surface area contributed by atoms with Gasteiger partial charge in [0.2, 0.25) is 5.91 Å². The second-order valence-electron chi connectivity index (χ2n) is 3.56. The Balaban J connectivity index is 4.99. The minimum absolute atomic E-state index is 0.0780. The average Bonchev–Trinajstić information content (AvgIpc) is 2.36. The van der Waals surface area contributed by atoms with E-state index >= 15 is 0 Å². The van der Waals surface area contributed by atoms with Crippen molar-refractivity contribution in [3.05, 3.63) is 0 Å². The number of carbonyl (C=O) groups excluding carboxylic acids is 1. The first kappa shape index (κ1) is 17.9. The van der Waals surface area contributed by atoms with Crippen molar-refractivity contribution in [1.29, 1.82) is 0 Å². The van der Waals surface area contributed by atoms with Gasteiger partial charge in [-0.2, -0.15) is 0 Å². The third kappa shape index (κ3) is 5.24. The highest BCUT2D eigenvalue weighted by atomic mass is 35.5. The zero-order valence-electron chi connectivity index (χ0n) is 11.6. The van der Waals surface area contributed by atoms with Crippen LogP contribution in [0.3, 0.4) is 0 Å². The second-order valence-corrected chi connectivity index (χ2v) is 6.60. The molecular formula is C11H24ClNO4Si. The van der Waals surface area contributed by atoms with Crippen LogP contribution in [0.5, 0.6) is 0 Å². The lowest BCUT2D eigenvalue weighted by Crippen LogP contribution is -2.63. The molecule has 0 saturated heterocycles. The first-order valence-corrected chi connectivity index (χ1v) is 8.70. The fourth-order valence-corrected chi connectivity index (χ4v) is 4.68. The van der Waals surface area contributed by atoms with Crippen molar-refractivity contribution in [2.75, 3.05) is 25.7 Å². The average molecular weight is 298 g/mol. The van der Waals surface area contributed by atoms with Crippen LogP contribution in [0, 0.1) is 0 Å². The van der Waals surface area contributed by atoms with E-state index in [2.05, 4.69) is 5.32 Å². The standard InChI is InChI=1S/C11H24ClNO4Si/c1-5-11(13-10(14)9-12)18(15-6-2,16-7-3)17-8-4/h11H,5-9H2,1-4H3,(H,13,14). The maximum absolute atomic E-state index is 11.5. The molecule has 18 heavy (non-hydrogen) atoms. The molecule has 0 fully saturated rings. The maximum Gasteiger partial charge on any atom is 0.524 e. The second kappa shape index (κ2) is 9.74. The molecule has 0 aromatic carbocycles. The summed E-state index contributed by atoms with van der Waals surface area (Å²) in [5.74, 6) is -0.315. The summed E-state index contributed by atoms with van der Waals surface area (Å²) in [5.41, 5.74) is -0.261. The Bertz CT molecular complexity index is 226. The van der Waals surface area contributed by atoms with Gasteiger partial charge >= 0.3 is 8.80 Å².